The van der Waals surface area contributed by atoms with Gasteiger partial charge in [0, 0.05) is 12.1 Å². The molecular formula is C13H15FN2O3S. The second-order valence-electron chi connectivity index (χ2n) is 4.50. The predicted octanol–water partition coefficient (Wildman–Crippen LogP) is 2.10. The zero-order valence-corrected chi connectivity index (χ0v) is 11.9. The van der Waals surface area contributed by atoms with Gasteiger partial charge in [0.15, 0.2) is 0 Å². The molecule has 1 aromatic carbocycles. The molecule has 0 radical (unpaired) electrons. The van der Waals surface area contributed by atoms with Gasteiger partial charge in [0.25, 0.3) is 0 Å². The molecule has 0 atom stereocenters. The third kappa shape index (κ3) is 2.68. The van der Waals surface area contributed by atoms with E-state index >= 15 is 0 Å². The van der Waals surface area contributed by atoms with Crippen LogP contribution >= 0.6 is 0 Å². The number of halogens is 1. The quantitative estimate of drug-likeness (QED) is 0.846. The van der Waals surface area contributed by atoms with Gasteiger partial charge in [-0.05, 0) is 37.1 Å². The van der Waals surface area contributed by atoms with E-state index in [1.807, 2.05) is 0 Å². The molecule has 2 rings (SSSR count). The van der Waals surface area contributed by atoms with Crippen molar-refractivity contribution in [3.63, 3.8) is 0 Å². The third-order valence-electron chi connectivity index (χ3n) is 3.02. The maximum Gasteiger partial charge on any atom is 0.241 e. The molecule has 0 bridgehead atoms. The van der Waals surface area contributed by atoms with E-state index in [1.165, 1.54) is 26.4 Å². The number of benzene rings is 1. The highest BCUT2D eigenvalue weighted by molar-refractivity contribution is 7.89. The van der Waals surface area contributed by atoms with E-state index in [9.17, 15) is 12.8 Å². The summed E-state index contributed by atoms with van der Waals surface area (Å²) in [5, 5.41) is 0. The molecule has 0 aliphatic rings. The van der Waals surface area contributed by atoms with Gasteiger partial charge >= 0.3 is 0 Å². The van der Waals surface area contributed by atoms with Crippen LogP contribution in [0.2, 0.25) is 0 Å². The van der Waals surface area contributed by atoms with Gasteiger partial charge in [-0.25, -0.2) is 17.5 Å². The van der Waals surface area contributed by atoms with Crippen molar-refractivity contribution in [3.05, 3.63) is 47.2 Å². The van der Waals surface area contributed by atoms with Crippen LogP contribution in [0, 0.1) is 19.7 Å². The van der Waals surface area contributed by atoms with Crippen LogP contribution in [0.15, 0.2) is 34.0 Å². The highest BCUT2D eigenvalue weighted by Gasteiger charge is 2.22. The summed E-state index contributed by atoms with van der Waals surface area (Å²) in [6.07, 6.45) is 2.90. The van der Waals surface area contributed by atoms with Crippen molar-refractivity contribution < 1.29 is 17.2 Å². The molecule has 20 heavy (non-hydrogen) atoms. The van der Waals surface area contributed by atoms with E-state index in [-0.39, 0.29) is 22.7 Å². The zero-order valence-electron chi connectivity index (χ0n) is 11.1. The maximum atomic E-state index is 13.5. The Morgan fingerprint density at radius 2 is 2.10 bits per heavy atom. The van der Waals surface area contributed by atoms with E-state index in [0.717, 1.165) is 6.07 Å². The summed E-state index contributed by atoms with van der Waals surface area (Å²) in [6, 6.07) is 2.77. The Balaban J connectivity index is 2.37. The van der Waals surface area contributed by atoms with E-state index in [1.54, 1.807) is 6.07 Å². The molecule has 0 spiro atoms. The van der Waals surface area contributed by atoms with Crippen molar-refractivity contribution >= 4 is 15.7 Å². The smallest absolute Gasteiger partial charge is 0.241 e. The monoisotopic (exact) mass is 298 g/mol. The van der Waals surface area contributed by atoms with Gasteiger partial charge in [0.2, 0.25) is 10.0 Å². The number of anilines is 1. The van der Waals surface area contributed by atoms with Gasteiger partial charge < -0.3 is 10.2 Å². The van der Waals surface area contributed by atoms with Crippen molar-refractivity contribution in [1.29, 1.82) is 0 Å². The average molecular weight is 298 g/mol. The van der Waals surface area contributed by atoms with E-state index in [0.29, 0.717) is 11.1 Å². The molecule has 0 aliphatic heterocycles. The third-order valence-corrected chi connectivity index (χ3v) is 4.71. The molecule has 5 nitrogen and oxygen atoms in total. The fraction of sp³-hybridized carbons (Fsp3) is 0.231. The predicted molar refractivity (Wildman–Crippen MR) is 73.0 cm³/mol. The van der Waals surface area contributed by atoms with Gasteiger partial charge in [-0.1, -0.05) is 0 Å². The number of nitrogen functional groups attached to an aromatic ring is 1. The Labute approximate surface area is 116 Å². The molecule has 2 aromatic rings. The lowest BCUT2D eigenvalue weighted by Crippen LogP contribution is -2.25. The number of aryl methyl sites for hydroxylation is 1. The summed E-state index contributed by atoms with van der Waals surface area (Å²) in [4.78, 5) is 0.0138. The minimum atomic E-state index is -3.78. The molecule has 1 heterocycles. The van der Waals surface area contributed by atoms with E-state index in [4.69, 9.17) is 10.2 Å². The molecule has 7 heteroatoms. The van der Waals surface area contributed by atoms with Crippen LogP contribution in [0.1, 0.15) is 16.7 Å². The highest BCUT2D eigenvalue weighted by Crippen LogP contribution is 2.27. The SMILES string of the molecule is Cc1cc(F)c(N)c(C)c1S(=O)(=O)NCc1ccoc1. The number of nitrogens with one attached hydrogen (secondary N) is 1. The van der Waals surface area contributed by atoms with E-state index < -0.39 is 15.8 Å². The summed E-state index contributed by atoms with van der Waals surface area (Å²) >= 11 is 0. The zero-order chi connectivity index (χ0) is 14.9. The Kier molecular flexibility index (Phi) is 3.82. The van der Waals surface area contributed by atoms with Crippen LogP contribution in [0.25, 0.3) is 0 Å². The van der Waals surface area contributed by atoms with Crippen molar-refractivity contribution in [1.82, 2.24) is 4.72 Å². The molecular weight excluding hydrogens is 283 g/mol. The fourth-order valence-corrected chi connectivity index (χ4v) is 3.48. The van der Waals surface area contributed by atoms with Crippen LogP contribution in [-0.2, 0) is 16.6 Å². The van der Waals surface area contributed by atoms with Crippen LogP contribution in [0.5, 0.6) is 0 Å². The van der Waals surface area contributed by atoms with Crippen molar-refractivity contribution in [3.8, 4) is 0 Å². The minimum Gasteiger partial charge on any atom is -0.472 e. The first-order valence-corrected chi connectivity index (χ1v) is 7.37. The second-order valence-corrected chi connectivity index (χ2v) is 6.20. The number of nitrogens with two attached hydrogens (primary N) is 1. The molecule has 0 saturated carbocycles. The van der Waals surface area contributed by atoms with Crippen molar-refractivity contribution in [2.24, 2.45) is 0 Å². The number of hydrogen-bond acceptors (Lipinski definition) is 4. The molecule has 108 valence electrons. The summed E-state index contributed by atoms with van der Waals surface area (Å²) in [5.74, 6) is -0.617. The number of furan rings is 1. The fourth-order valence-electron chi connectivity index (χ4n) is 1.99. The van der Waals surface area contributed by atoms with Gasteiger partial charge in [-0.2, -0.15) is 0 Å². The molecule has 0 fully saturated rings. The van der Waals surface area contributed by atoms with Gasteiger partial charge in [0.05, 0.1) is 23.1 Å². The Morgan fingerprint density at radius 3 is 2.70 bits per heavy atom. The van der Waals surface area contributed by atoms with Gasteiger partial charge in [-0.15, -0.1) is 0 Å². The number of rotatable bonds is 4. The molecule has 3 N–H and O–H groups in total. The number of hydrogen-bond donors (Lipinski definition) is 2. The largest absolute Gasteiger partial charge is 0.472 e. The maximum absolute atomic E-state index is 13.5. The lowest BCUT2D eigenvalue weighted by atomic mass is 10.1. The van der Waals surface area contributed by atoms with Crippen molar-refractivity contribution in [2.75, 3.05) is 5.73 Å². The molecule has 1 aromatic heterocycles. The normalized spacial score (nSPS) is 11.8. The lowest BCUT2D eigenvalue weighted by Gasteiger charge is -2.14. The van der Waals surface area contributed by atoms with Crippen LogP contribution < -0.4 is 10.5 Å². The minimum absolute atomic E-state index is 0.0138. The first-order valence-electron chi connectivity index (χ1n) is 5.89. The molecule has 0 unspecified atom stereocenters. The second kappa shape index (κ2) is 5.26. The van der Waals surface area contributed by atoms with Gasteiger partial charge in [0.1, 0.15) is 5.82 Å². The van der Waals surface area contributed by atoms with Crippen LogP contribution in [-0.4, -0.2) is 8.42 Å². The summed E-state index contributed by atoms with van der Waals surface area (Å²) in [5.41, 5.74) is 6.62. The molecule has 0 aliphatic carbocycles. The van der Waals surface area contributed by atoms with Crippen LogP contribution in [0.3, 0.4) is 0 Å². The first kappa shape index (κ1) is 14.5. The lowest BCUT2D eigenvalue weighted by molar-refractivity contribution is 0.561. The van der Waals surface area contributed by atoms with E-state index in [2.05, 4.69) is 4.72 Å². The topological polar surface area (TPSA) is 85.3 Å². The van der Waals surface area contributed by atoms with Gasteiger partial charge in [-0.3, -0.25) is 0 Å². The molecule has 0 saturated heterocycles. The number of sulfonamides is 1. The first-order chi connectivity index (χ1) is 9.33. The Hall–Kier alpha value is -1.86. The van der Waals surface area contributed by atoms with Crippen LogP contribution in [0.4, 0.5) is 10.1 Å². The standard InChI is InChI=1S/C13H15FN2O3S/c1-8-5-11(14)12(15)9(2)13(8)20(17,18)16-6-10-3-4-19-7-10/h3-5,7,16H,6,15H2,1-2H3. The average Bonchev–Trinajstić information content (AvgIpc) is 2.86. The highest BCUT2D eigenvalue weighted by atomic mass is 32.2. The Bertz CT molecular complexity index is 725. The summed E-state index contributed by atoms with van der Waals surface area (Å²) < 4.78 is 45.4. The Morgan fingerprint density at radius 1 is 1.40 bits per heavy atom. The summed E-state index contributed by atoms with van der Waals surface area (Å²) in [6.45, 7) is 3.11. The molecule has 0 amide bonds. The summed E-state index contributed by atoms with van der Waals surface area (Å²) in [7, 11) is -3.78. The van der Waals surface area contributed by atoms with Crippen molar-refractivity contribution in [2.45, 2.75) is 25.3 Å².